The topological polar surface area (TPSA) is 46.4 Å². The van der Waals surface area contributed by atoms with E-state index in [0.717, 1.165) is 22.6 Å². The summed E-state index contributed by atoms with van der Waals surface area (Å²) in [6.45, 7) is 2.02. The fourth-order valence-electron chi connectivity index (χ4n) is 2.77. The maximum absolute atomic E-state index is 12.3. The van der Waals surface area contributed by atoms with Crippen molar-refractivity contribution in [2.45, 2.75) is 6.92 Å². The van der Waals surface area contributed by atoms with E-state index in [1.807, 2.05) is 85.9 Å². The number of aryl methyl sites for hydroxylation is 1. The number of carbonyl (C=O) groups excluding carboxylic acids is 1. The summed E-state index contributed by atoms with van der Waals surface area (Å²) < 4.78 is 2.05. The molecule has 0 atom stereocenters. The Morgan fingerprint density at radius 1 is 1.04 bits per heavy atom. The Hall–Kier alpha value is -3.05. The number of nitrogens with zero attached hydrogens (tertiary/aromatic N) is 2. The molecular weight excluding hydrogens is 342 g/mol. The molecule has 2 heterocycles. The lowest BCUT2D eigenvalue weighted by Gasteiger charge is -2.06. The number of nitrogens with one attached hydrogen (secondary N) is 1. The number of amides is 1. The molecule has 0 spiro atoms. The summed E-state index contributed by atoms with van der Waals surface area (Å²) in [5.41, 5.74) is 3.98. The highest BCUT2D eigenvalue weighted by atomic mass is 32.2. The Kier molecular flexibility index (Phi) is 4.46. The molecule has 4 rings (SSSR count). The van der Waals surface area contributed by atoms with Gasteiger partial charge in [-0.2, -0.15) is 0 Å². The first kappa shape index (κ1) is 16.4. The number of benzene rings is 2. The van der Waals surface area contributed by atoms with Gasteiger partial charge in [0, 0.05) is 17.6 Å². The van der Waals surface area contributed by atoms with Gasteiger partial charge in [-0.1, -0.05) is 30.3 Å². The second kappa shape index (κ2) is 7.06. The van der Waals surface area contributed by atoms with Crippen LogP contribution in [0.2, 0.25) is 0 Å². The minimum absolute atomic E-state index is 0.123. The third kappa shape index (κ3) is 3.48. The Morgan fingerprint density at radius 3 is 2.69 bits per heavy atom. The normalized spacial score (nSPS) is 17.0. The number of thioether (sulfide) groups is 1. The monoisotopic (exact) mass is 359 g/mol. The van der Waals surface area contributed by atoms with Crippen molar-refractivity contribution < 1.29 is 4.79 Å². The van der Waals surface area contributed by atoms with E-state index < -0.39 is 0 Å². The Balaban J connectivity index is 1.62. The van der Waals surface area contributed by atoms with E-state index in [4.69, 9.17) is 0 Å². The van der Waals surface area contributed by atoms with E-state index in [0.29, 0.717) is 10.1 Å². The van der Waals surface area contributed by atoms with E-state index in [-0.39, 0.29) is 5.91 Å². The number of hydrogen-bond acceptors (Lipinski definition) is 3. The van der Waals surface area contributed by atoms with Crippen LogP contribution in [0.25, 0.3) is 11.8 Å². The Bertz CT molecular complexity index is 1020. The molecular formula is C21H17N3OS. The quantitative estimate of drug-likeness (QED) is 0.690. The lowest BCUT2D eigenvalue weighted by atomic mass is 10.2. The zero-order valence-corrected chi connectivity index (χ0v) is 15.0. The highest BCUT2D eigenvalue weighted by molar-refractivity contribution is 8.18. The van der Waals surface area contributed by atoms with Gasteiger partial charge in [0.05, 0.1) is 10.6 Å². The fraction of sp³-hybridized carbons (Fsp3) is 0.0476. The van der Waals surface area contributed by atoms with Crippen LogP contribution < -0.4 is 5.32 Å². The molecule has 1 aliphatic heterocycles. The second-order valence-electron chi connectivity index (χ2n) is 5.96. The molecule has 0 saturated carbocycles. The third-order valence-corrected chi connectivity index (χ3v) is 4.89. The van der Waals surface area contributed by atoms with Crippen molar-refractivity contribution in [2.75, 3.05) is 0 Å². The zero-order chi connectivity index (χ0) is 17.9. The van der Waals surface area contributed by atoms with Crippen LogP contribution in [-0.4, -0.2) is 15.6 Å². The average molecular weight is 359 g/mol. The molecule has 0 radical (unpaired) electrons. The fourth-order valence-corrected chi connectivity index (χ4v) is 3.59. The summed E-state index contributed by atoms with van der Waals surface area (Å²) in [6, 6.07) is 21.9. The van der Waals surface area contributed by atoms with Gasteiger partial charge in [-0.3, -0.25) is 4.79 Å². The summed E-state index contributed by atoms with van der Waals surface area (Å²) in [7, 11) is 0. The van der Waals surface area contributed by atoms with Crippen molar-refractivity contribution in [3.05, 3.63) is 89.1 Å². The lowest BCUT2D eigenvalue weighted by molar-refractivity contribution is -0.115. The minimum atomic E-state index is -0.123. The van der Waals surface area contributed by atoms with E-state index in [1.165, 1.54) is 11.8 Å². The first-order valence-electron chi connectivity index (χ1n) is 8.28. The van der Waals surface area contributed by atoms with Crippen molar-refractivity contribution in [1.29, 1.82) is 0 Å². The van der Waals surface area contributed by atoms with E-state index in [9.17, 15) is 4.79 Å². The summed E-state index contributed by atoms with van der Waals surface area (Å²) in [5.74, 6) is -0.123. The number of aromatic nitrogens is 1. The highest BCUT2D eigenvalue weighted by Crippen LogP contribution is 2.29. The Morgan fingerprint density at radius 2 is 1.88 bits per heavy atom. The summed E-state index contributed by atoms with van der Waals surface area (Å²) in [6.07, 6.45) is 3.88. The maximum Gasteiger partial charge on any atom is 0.264 e. The van der Waals surface area contributed by atoms with Crippen LogP contribution >= 0.6 is 11.8 Å². The maximum atomic E-state index is 12.3. The number of para-hydroxylation sites is 1. The van der Waals surface area contributed by atoms with Crippen LogP contribution in [-0.2, 0) is 4.79 Å². The van der Waals surface area contributed by atoms with Crippen molar-refractivity contribution in [2.24, 2.45) is 4.99 Å². The van der Waals surface area contributed by atoms with Gasteiger partial charge in [0.25, 0.3) is 5.91 Å². The standard InChI is InChI=1S/C21H17N3OS/c1-15-7-5-8-16(13-15)22-21-23-20(25)19(26-21)14-18-11-6-12-24(18)17-9-3-2-4-10-17/h2-14H,1H3,(H,22,23,25)/b19-14-. The van der Waals surface area contributed by atoms with Crippen LogP contribution in [0, 0.1) is 6.92 Å². The van der Waals surface area contributed by atoms with Gasteiger partial charge >= 0.3 is 0 Å². The van der Waals surface area contributed by atoms with Crippen LogP contribution in [0.15, 0.2) is 82.8 Å². The molecule has 0 unspecified atom stereocenters. The van der Waals surface area contributed by atoms with Crippen LogP contribution in [0.3, 0.4) is 0 Å². The zero-order valence-electron chi connectivity index (χ0n) is 14.2. The molecule has 128 valence electrons. The number of carbonyl (C=O) groups is 1. The number of amidine groups is 1. The van der Waals surface area contributed by atoms with Crippen molar-refractivity contribution in [1.82, 2.24) is 9.88 Å². The summed E-state index contributed by atoms with van der Waals surface area (Å²) >= 11 is 1.36. The minimum Gasteiger partial charge on any atom is -0.317 e. The van der Waals surface area contributed by atoms with Crippen LogP contribution in [0.4, 0.5) is 5.69 Å². The van der Waals surface area contributed by atoms with Gasteiger partial charge in [0.2, 0.25) is 0 Å². The first-order valence-corrected chi connectivity index (χ1v) is 9.10. The average Bonchev–Trinajstić information content (AvgIpc) is 3.23. The number of hydrogen-bond donors (Lipinski definition) is 1. The van der Waals surface area contributed by atoms with Gasteiger partial charge in [0.15, 0.2) is 5.17 Å². The lowest BCUT2D eigenvalue weighted by Crippen LogP contribution is -2.19. The van der Waals surface area contributed by atoms with Gasteiger partial charge in [0.1, 0.15) is 0 Å². The van der Waals surface area contributed by atoms with Gasteiger partial charge in [-0.15, -0.1) is 0 Å². The highest BCUT2D eigenvalue weighted by Gasteiger charge is 2.24. The molecule has 1 fully saturated rings. The molecule has 1 N–H and O–H groups in total. The van der Waals surface area contributed by atoms with Crippen molar-refractivity contribution >= 4 is 34.6 Å². The molecule has 0 aliphatic carbocycles. The largest absolute Gasteiger partial charge is 0.317 e. The third-order valence-electron chi connectivity index (χ3n) is 3.98. The smallest absolute Gasteiger partial charge is 0.264 e. The molecule has 1 aromatic heterocycles. The van der Waals surface area contributed by atoms with Crippen LogP contribution in [0.1, 0.15) is 11.3 Å². The van der Waals surface area contributed by atoms with Gasteiger partial charge in [-0.25, -0.2) is 4.99 Å². The number of aliphatic imine (C=N–C) groups is 1. The summed E-state index contributed by atoms with van der Waals surface area (Å²) in [5, 5.41) is 3.44. The molecule has 5 heteroatoms. The molecule has 0 bridgehead atoms. The molecule has 26 heavy (non-hydrogen) atoms. The molecule has 3 aromatic rings. The van der Waals surface area contributed by atoms with E-state index in [2.05, 4.69) is 14.9 Å². The number of rotatable bonds is 3. The SMILES string of the molecule is Cc1cccc(N=C2NC(=O)/C(=C/c3cccn3-c3ccccc3)S2)c1. The molecule has 2 aromatic carbocycles. The molecule has 1 aliphatic rings. The van der Waals surface area contributed by atoms with Crippen molar-refractivity contribution in [3.8, 4) is 5.69 Å². The molecule has 1 saturated heterocycles. The Labute approximate surface area is 156 Å². The van der Waals surface area contributed by atoms with Crippen LogP contribution in [0.5, 0.6) is 0 Å². The van der Waals surface area contributed by atoms with E-state index in [1.54, 1.807) is 0 Å². The predicted octanol–water partition coefficient (Wildman–Crippen LogP) is 4.68. The van der Waals surface area contributed by atoms with Gasteiger partial charge in [-0.05, 0) is 66.7 Å². The van der Waals surface area contributed by atoms with Crippen molar-refractivity contribution in [3.63, 3.8) is 0 Å². The molecule has 4 nitrogen and oxygen atoms in total. The summed E-state index contributed by atoms with van der Waals surface area (Å²) in [4.78, 5) is 17.5. The van der Waals surface area contributed by atoms with E-state index >= 15 is 0 Å². The first-order chi connectivity index (χ1) is 12.7. The second-order valence-corrected chi connectivity index (χ2v) is 6.99. The van der Waals surface area contributed by atoms with Gasteiger partial charge < -0.3 is 9.88 Å². The molecule has 1 amide bonds. The predicted molar refractivity (Wildman–Crippen MR) is 108 cm³/mol.